The minimum absolute atomic E-state index is 0.0103. The van der Waals surface area contributed by atoms with Gasteiger partial charge in [-0.1, -0.05) is 42.4 Å². The second kappa shape index (κ2) is 10.5. The van der Waals surface area contributed by atoms with E-state index in [4.69, 9.17) is 21.1 Å². The summed E-state index contributed by atoms with van der Waals surface area (Å²) in [5.74, 6) is 2.43. The van der Waals surface area contributed by atoms with E-state index >= 15 is 4.39 Å². The Bertz CT molecular complexity index is 2100. The van der Waals surface area contributed by atoms with E-state index in [9.17, 15) is 9.50 Å². The summed E-state index contributed by atoms with van der Waals surface area (Å²) < 4.78 is 38.5. The minimum atomic E-state index is -0.613. The van der Waals surface area contributed by atoms with E-state index in [1.54, 1.807) is 6.07 Å². The third-order valence-corrected chi connectivity index (χ3v) is 11.4. The van der Waals surface area contributed by atoms with Crippen molar-refractivity contribution >= 4 is 27.5 Å². The zero-order valence-corrected chi connectivity index (χ0v) is 26.8. The number of ether oxygens (including phenoxy) is 1. The maximum absolute atomic E-state index is 17.1. The predicted octanol–water partition coefficient (Wildman–Crippen LogP) is 6.48. The lowest BCUT2D eigenvalue weighted by atomic mass is 9.90. The number of rotatable bonds is 6. The molecule has 2 N–H and O–H groups in total. The van der Waals surface area contributed by atoms with Crippen molar-refractivity contribution in [2.75, 3.05) is 37.7 Å². The number of aromatic hydroxyl groups is 1. The fourth-order valence-electron chi connectivity index (χ4n) is 9.23. The number of hydrogen-bond acceptors (Lipinski definition) is 7. The van der Waals surface area contributed by atoms with Crippen molar-refractivity contribution in [2.45, 2.75) is 55.6 Å². The second-order valence-electron chi connectivity index (χ2n) is 14.7. The molecule has 2 atom stereocenters. The van der Waals surface area contributed by atoms with Crippen molar-refractivity contribution in [3.05, 3.63) is 77.9 Å². The molecule has 48 heavy (non-hydrogen) atoms. The molecule has 9 heteroatoms. The summed E-state index contributed by atoms with van der Waals surface area (Å²) in [5, 5.41) is 16.0. The molecule has 1 aromatic heterocycles. The monoisotopic (exact) mass is 645 g/mol. The number of anilines is 1. The van der Waals surface area contributed by atoms with Gasteiger partial charge in [0.2, 0.25) is 0 Å². The Morgan fingerprint density at radius 1 is 1.04 bits per heavy atom. The van der Waals surface area contributed by atoms with Crippen molar-refractivity contribution in [2.24, 2.45) is 5.92 Å². The van der Waals surface area contributed by atoms with Gasteiger partial charge in [-0.25, -0.2) is 8.78 Å². The van der Waals surface area contributed by atoms with Gasteiger partial charge in [0, 0.05) is 54.1 Å². The number of hydrogen-bond donors (Lipinski definition) is 2. The van der Waals surface area contributed by atoms with Gasteiger partial charge in [0.15, 0.2) is 5.82 Å². The predicted molar refractivity (Wildman–Crippen MR) is 183 cm³/mol. The molecule has 7 nitrogen and oxygen atoms in total. The molecule has 4 saturated heterocycles. The molecule has 4 aromatic rings. The molecule has 0 radical (unpaired) electrons. The normalized spacial score (nSPS) is 24.9. The zero-order chi connectivity index (χ0) is 32.9. The molecular formula is C39H37F2N5O2. The van der Waals surface area contributed by atoms with Gasteiger partial charge in [-0.3, -0.25) is 4.90 Å². The molecule has 0 spiro atoms. The molecule has 5 heterocycles. The minimum Gasteiger partial charge on any atom is -0.508 e. The Morgan fingerprint density at radius 2 is 1.83 bits per heavy atom. The third-order valence-electron chi connectivity index (χ3n) is 11.4. The SMILES string of the molecule is C#Cc1c(F)ccc2cc(O)cc(-c3ccc4c(N5C[C@@H]6CC[C@](C7CC7)(C5)N6)nc(OCC56CC(=C)CN5CC(=C)C6)nc4c3F)c12. The number of halogens is 2. The summed E-state index contributed by atoms with van der Waals surface area (Å²) in [6.45, 7) is 12.0. The number of nitrogens with zero attached hydrogens (tertiary/aromatic N) is 4. The van der Waals surface area contributed by atoms with Gasteiger partial charge in [-0.05, 0) is 79.7 Å². The Morgan fingerprint density at radius 3 is 2.58 bits per heavy atom. The van der Waals surface area contributed by atoms with Crippen LogP contribution in [0.25, 0.3) is 32.8 Å². The quantitative estimate of drug-likeness (QED) is 0.184. The molecule has 9 rings (SSSR count). The van der Waals surface area contributed by atoms with Crippen LogP contribution in [0, 0.1) is 29.9 Å². The molecule has 2 bridgehead atoms. The van der Waals surface area contributed by atoms with Crippen LogP contribution in [0.2, 0.25) is 0 Å². The molecular weight excluding hydrogens is 608 g/mol. The van der Waals surface area contributed by atoms with Gasteiger partial charge in [-0.15, -0.1) is 6.42 Å². The molecule has 4 aliphatic heterocycles. The van der Waals surface area contributed by atoms with Crippen molar-refractivity contribution in [3.63, 3.8) is 0 Å². The average molecular weight is 646 g/mol. The number of benzene rings is 3. The van der Waals surface area contributed by atoms with Crippen LogP contribution in [0.5, 0.6) is 11.8 Å². The zero-order valence-electron chi connectivity index (χ0n) is 26.8. The van der Waals surface area contributed by atoms with E-state index in [1.165, 1.54) is 37.1 Å². The van der Waals surface area contributed by atoms with Crippen molar-refractivity contribution in [3.8, 4) is 35.2 Å². The van der Waals surface area contributed by atoms with Crippen LogP contribution in [0.15, 0.2) is 60.7 Å². The molecule has 5 fully saturated rings. The Balaban J connectivity index is 1.19. The summed E-state index contributed by atoms with van der Waals surface area (Å²) in [5.41, 5.74) is 2.63. The first kappa shape index (κ1) is 29.6. The smallest absolute Gasteiger partial charge is 0.319 e. The summed E-state index contributed by atoms with van der Waals surface area (Å²) in [6.07, 6.45) is 12.0. The van der Waals surface area contributed by atoms with Crippen molar-refractivity contribution < 1.29 is 18.6 Å². The van der Waals surface area contributed by atoms with Gasteiger partial charge in [0.1, 0.15) is 29.5 Å². The van der Waals surface area contributed by atoms with Crippen molar-refractivity contribution in [1.29, 1.82) is 0 Å². The van der Waals surface area contributed by atoms with E-state index in [0.29, 0.717) is 40.5 Å². The lowest BCUT2D eigenvalue weighted by Gasteiger charge is -2.42. The highest BCUT2D eigenvalue weighted by molar-refractivity contribution is 6.04. The molecule has 1 aliphatic carbocycles. The van der Waals surface area contributed by atoms with Gasteiger partial charge >= 0.3 is 6.01 Å². The van der Waals surface area contributed by atoms with E-state index in [1.807, 2.05) is 6.07 Å². The number of phenols is 1. The maximum atomic E-state index is 17.1. The highest BCUT2D eigenvalue weighted by Gasteiger charge is 2.53. The van der Waals surface area contributed by atoms with Crippen LogP contribution < -0.4 is 15.0 Å². The Hall–Kier alpha value is -4.52. The lowest BCUT2D eigenvalue weighted by Crippen LogP contribution is -2.61. The molecule has 5 aliphatic rings. The summed E-state index contributed by atoms with van der Waals surface area (Å²) in [7, 11) is 0. The summed E-state index contributed by atoms with van der Waals surface area (Å²) in [6, 6.07) is 9.64. The van der Waals surface area contributed by atoms with Crippen LogP contribution >= 0.6 is 0 Å². The van der Waals surface area contributed by atoms with Gasteiger partial charge in [0.05, 0.1) is 11.1 Å². The summed E-state index contributed by atoms with van der Waals surface area (Å²) >= 11 is 0. The molecule has 0 amide bonds. The maximum Gasteiger partial charge on any atom is 0.319 e. The number of aromatic nitrogens is 2. The fourth-order valence-corrected chi connectivity index (χ4v) is 9.23. The number of piperazine rings is 1. The topological polar surface area (TPSA) is 73.8 Å². The first-order valence-corrected chi connectivity index (χ1v) is 16.8. The standard InChI is InChI=1S/C39H37F2N5O2/c1-4-28-32(40)10-5-24-13-27(47)14-31(33(24)28)29-8-9-30-35(34(29)41)42-37(48-21-38-15-22(2)17-46(38)18-23(3)16-38)43-36(30)45-19-26-11-12-39(20-45,44-26)25-6-7-25/h1,5,8-10,13-14,25-26,44,47H,2-3,6-7,11-12,15-21H2/t26-,39+/m0/s1. The fraction of sp³-hybridized carbons (Fsp3) is 0.385. The van der Waals surface area contributed by atoms with Crippen LogP contribution in [-0.4, -0.2) is 69.9 Å². The van der Waals surface area contributed by atoms with Gasteiger partial charge < -0.3 is 20.1 Å². The lowest BCUT2D eigenvalue weighted by molar-refractivity contribution is 0.108. The first-order chi connectivity index (χ1) is 23.1. The van der Waals surface area contributed by atoms with Crippen LogP contribution in [0.4, 0.5) is 14.6 Å². The van der Waals surface area contributed by atoms with Crippen LogP contribution in [0.1, 0.15) is 44.1 Å². The van der Waals surface area contributed by atoms with Crippen molar-refractivity contribution in [1.82, 2.24) is 20.2 Å². The number of terminal acetylenes is 1. The van der Waals surface area contributed by atoms with E-state index in [2.05, 4.69) is 34.2 Å². The first-order valence-electron chi connectivity index (χ1n) is 16.8. The molecule has 0 unspecified atom stereocenters. The molecule has 244 valence electrons. The number of nitrogens with one attached hydrogen (secondary N) is 1. The third kappa shape index (κ3) is 4.53. The van der Waals surface area contributed by atoms with Crippen LogP contribution in [0.3, 0.4) is 0 Å². The Labute approximate surface area is 278 Å². The largest absolute Gasteiger partial charge is 0.508 e. The van der Waals surface area contributed by atoms with E-state index in [-0.39, 0.29) is 45.0 Å². The summed E-state index contributed by atoms with van der Waals surface area (Å²) in [4.78, 5) is 14.4. The van der Waals surface area contributed by atoms with Gasteiger partial charge in [-0.2, -0.15) is 9.97 Å². The second-order valence-corrected chi connectivity index (χ2v) is 14.7. The highest BCUT2D eigenvalue weighted by Crippen LogP contribution is 2.49. The highest BCUT2D eigenvalue weighted by atomic mass is 19.1. The number of fused-ring (bicyclic) bond motifs is 5. The van der Waals surface area contributed by atoms with Gasteiger partial charge in [0.25, 0.3) is 0 Å². The molecule has 3 aromatic carbocycles. The van der Waals surface area contributed by atoms with Crippen LogP contribution in [-0.2, 0) is 0 Å². The molecule has 1 saturated carbocycles. The Kier molecular flexibility index (Phi) is 6.47. The van der Waals surface area contributed by atoms with E-state index in [0.717, 1.165) is 63.0 Å². The average Bonchev–Trinajstić information content (AvgIpc) is 3.75. The number of phenolic OH excluding ortho intramolecular Hbond substituents is 1. The van der Waals surface area contributed by atoms with E-state index < -0.39 is 11.6 Å².